The minimum atomic E-state index is -0.331. The molecule has 2 aromatic rings. The van der Waals surface area contributed by atoms with Crippen molar-refractivity contribution in [3.8, 4) is 0 Å². The van der Waals surface area contributed by atoms with Gasteiger partial charge in [-0.15, -0.1) is 0 Å². The lowest BCUT2D eigenvalue weighted by Gasteiger charge is -2.12. The summed E-state index contributed by atoms with van der Waals surface area (Å²) < 4.78 is 5.19. The molecule has 1 atom stereocenters. The van der Waals surface area contributed by atoms with Crippen LogP contribution in [-0.2, 0) is 6.54 Å². The van der Waals surface area contributed by atoms with Crippen molar-refractivity contribution in [2.45, 2.75) is 19.5 Å². The average Bonchev–Trinajstić information content (AvgIpc) is 2.91. The van der Waals surface area contributed by atoms with Crippen LogP contribution in [0.25, 0.3) is 0 Å². The highest BCUT2D eigenvalue weighted by atomic mass is 35.5. The minimum absolute atomic E-state index is 0.0369. The van der Waals surface area contributed by atoms with E-state index in [-0.39, 0.29) is 11.8 Å². The van der Waals surface area contributed by atoms with Gasteiger partial charge in [-0.25, -0.2) is 0 Å². The van der Waals surface area contributed by atoms with Gasteiger partial charge in [0.1, 0.15) is 5.76 Å². The number of carbonyl (C=O) groups is 1. The van der Waals surface area contributed by atoms with E-state index in [4.69, 9.17) is 27.6 Å². The Balaban J connectivity index is 2.00. The van der Waals surface area contributed by atoms with Crippen molar-refractivity contribution in [3.63, 3.8) is 0 Å². The van der Waals surface area contributed by atoms with Crippen LogP contribution in [0.5, 0.6) is 0 Å². The third-order valence-corrected chi connectivity index (χ3v) is 3.50. The van der Waals surface area contributed by atoms with E-state index in [1.54, 1.807) is 31.4 Å². The molecule has 0 saturated carbocycles. The summed E-state index contributed by atoms with van der Waals surface area (Å²) in [4.78, 5) is 12.2. The molecule has 100 valence electrons. The van der Waals surface area contributed by atoms with Crippen molar-refractivity contribution >= 4 is 29.0 Å². The first-order chi connectivity index (χ1) is 9.08. The highest BCUT2D eigenvalue weighted by molar-refractivity contribution is 6.42. The smallest absolute Gasteiger partial charge is 0.179 e. The van der Waals surface area contributed by atoms with Crippen molar-refractivity contribution < 1.29 is 9.21 Å². The number of benzene rings is 1. The average molecular weight is 298 g/mol. The molecule has 3 nitrogen and oxygen atoms in total. The van der Waals surface area contributed by atoms with Gasteiger partial charge in [-0.05, 0) is 37.3 Å². The molecule has 1 N–H and O–H groups in total. The summed E-state index contributed by atoms with van der Waals surface area (Å²) >= 11 is 11.7. The van der Waals surface area contributed by atoms with Gasteiger partial charge in [-0.3, -0.25) is 4.79 Å². The van der Waals surface area contributed by atoms with Gasteiger partial charge in [0.15, 0.2) is 5.78 Å². The molecule has 2 rings (SSSR count). The van der Waals surface area contributed by atoms with Gasteiger partial charge >= 0.3 is 0 Å². The van der Waals surface area contributed by atoms with Gasteiger partial charge in [0.2, 0.25) is 0 Å². The zero-order valence-corrected chi connectivity index (χ0v) is 11.8. The summed E-state index contributed by atoms with van der Waals surface area (Å²) in [6.45, 7) is 2.30. The Bertz CT molecular complexity index is 567. The van der Waals surface area contributed by atoms with Crippen molar-refractivity contribution in [3.05, 3.63) is 58.0 Å². The third kappa shape index (κ3) is 3.60. The summed E-state index contributed by atoms with van der Waals surface area (Å²) in [5.41, 5.74) is 0.536. The second-order valence-electron chi connectivity index (χ2n) is 4.18. The molecule has 0 spiro atoms. The molecule has 0 radical (unpaired) electrons. The van der Waals surface area contributed by atoms with Crippen molar-refractivity contribution in [2.75, 3.05) is 0 Å². The summed E-state index contributed by atoms with van der Waals surface area (Å²) in [6, 6.07) is 8.20. The molecule has 0 fully saturated rings. The van der Waals surface area contributed by atoms with E-state index in [2.05, 4.69) is 5.32 Å². The van der Waals surface area contributed by atoms with E-state index >= 15 is 0 Å². The number of hydrogen-bond donors (Lipinski definition) is 1. The number of hydrogen-bond acceptors (Lipinski definition) is 3. The zero-order chi connectivity index (χ0) is 13.8. The summed E-state index contributed by atoms with van der Waals surface area (Å²) in [5.74, 6) is 0.749. The molecular weight excluding hydrogens is 285 g/mol. The maximum absolute atomic E-state index is 12.2. The molecule has 1 aromatic carbocycles. The second-order valence-corrected chi connectivity index (χ2v) is 4.99. The molecule has 0 aliphatic heterocycles. The monoisotopic (exact) mass is 297 g/mol. The number of ketones is 1. The number of rotatable bonds is 5. The van der Waals surface area contributed by atoms with Crippen LogP contribution < -0.4 is 5.32 Å². The Hall–Kier alpha value is -1.29. The Morgan fingerprint density at radius 1 is 1.32 bits per heavy atom. The SMILES string of the molecule is CC(NCc1ccco1)C(=O)c1ccc(Cl)c(Cl)c1. The first-order valence-electron chi connectivity index (χ1n) is 5.83. The maximum Gasteiger partial charge on any atom is 0.179 e. The van der Waals surface area contributed by atoms with Crippen LogP contribution in [0.15, 0.2) is 41.0 Å². The molecule has 1 heterocycles. The molecule has 0 amide bonds. The van der Waals surface area contributed by atoms with Gasteiger partial charge in [0.05, 0.1) is 28.9 Å². The molecule has 5 heteroatoms. The van der Waals surface area contributed by atoms with E-state index < -0.39 is 0 Å². The summed E-state index contributed by atoms with van der Waals surface area (Å²) in [7, 11) is 0. The van der Waals surface area contributed by atoms with E-state index in [0.717, 1.165) is 5.76 Å². The fourth-order valence-electron chi connectivity index (χ4n) is 1.66. The quantitative estimate of drug-likeness (QED) is 0.850. The predicted octanol–water partition coefficient (Wildman–Crippen LogP) is 3.95. The van der Waals surface area contributed by atoms with Crippen molar-refractivity contribution in [2.24, 2.45) is 0 Å². The predicted molar refractivity (Wildman–Crippen MR) is 75.8 cm³/mol. The molecule has 1 unspecified atom stereocenters. The molecule has 0 aliphatic rings. The Labute approximate surface area is 121 Å². The molecule has 0 aliphatic carbocycles. The highest BCUT2D eigenvalue weighted by Gasteiger charge is 2.16. The van der Waals surface area contributed by atoms with Crippen LogP contribution in [0.3, 0.4) is 0 Å². The lowest BCUT2D eigenvalue weighted by atomic mass is 10.1. The van der Waals surface area contributed by atoms with Gasteiger partial charge in [-0.1, -0.05) is 23.2 Å². The second kappa shape index (κ2) is 6.24. The van der Waals surface area contributed by atoms with Crippen LogP contribution in [0.4, 0.5) is 0 Å². The molecular formula is C14H13Cl2NO2. The largest absolute Gasteiger partial charge is 0.468 e. The summed E-state index contributed by atoms with van der Waals surface area (Å²) in [6.07, 6.45) is 1.60. The van der Waals surface area contributed by atoms with Crippen LogP contribution in [0.2, 0.25) is 10.0 Å². The first kappa shape index (κ1) is 14.1. The molecule has 19 heavy (non-hydrogen) atoms. The fourth-order valence-corrected chi connectivity index (χ4v) is 1.96. The lowest BCUT2D eigenvalue weighted by molar-refractivity contribution is 0.0949. The maximum atomic E-state index is 12.2. The van der Waals surface area contributed by atoms with Gasteiger partial charge in [0, 0.05) is 5.56 Å². The van der Waals surface area contributed by atoms with Gasteiger partial charge in [0.25, 0.3) is 0 Å². The van der Waals surface area contributed by atoms with E-state index in [1.165, 1.54) is 0 Å². The highest BCUT2D eigenvalue weighted by Crippen LogP contribution is 2.23. The lowest BCUT2D eigenvalue weighted by Crippen LogP contribution is -2.33. The number of nitrogens with one attached hydrogen (secondary N) is 1. The Morgan fingerprint density at radius 3 is 2.74 bits per heavy atom. The molecule has 0 bridgehead atoms. The van der Waals surface area contributed by atoms with Crippen molar-refractivity contribution in [1.29, 1.82) is 0 Å². The van der Waals surface area contributed by atoms with Crippen molar-refractivity contribution in [1.82, 2.24) is 5.32 Å². The summed E-state index contributed by atoms with van der Waals surface area (Å²) in [5, 5.41) is 3.92. The Kier molecular flexibility index (Phi) is 4.64. The Morgan fingerprint density at radius 2 is 2.11 bits per heavy atom. The van der Waals surface area contributed by atoms with E-state index in [9.17, 15) is 4.79 Å². The third-order valence-electron chi connectivity index (χ3n) is 2.76. The van der Waals surface area contributed by atoms with Crippen LogP contribution >= 0.6 is 23.2 Å². The minimum Gasteiger partial charge on any atom is -0.468 e. The standard InChI is InChI=1S/C14H13Cl2NO2/c1-9(17-8-11-3-2-6-19-11)14(18)10-4-5-12(15)13(16)7-10/h2-7,9,17H,8H2,1H3. The van der Waals surface area contributed by atoms with Crippen LogP contribution in [-0.4, -0.2) is 11.8 Å². The number of furan rings is 1. The molecule has 0 saturated heterocycles. The fraction of sp³-hybridized carbons (Fsp3) is 0.214. The molecule has 1 aromatic heterocycles. The number of carbonyl (C=O) groups excluding carboxylic acids is 1. The topological polar surface area (TPSA) is 42.2 Å². The number of Topliss-reactive ketones (excluding diaryl/α,β-unsaturated/α-hetero) is 1. The zero-order valence-electron chi connectivity index (χ0n) is 10.3. The number of halogens is 2. The van der Waals surface area contributed by atoms with Gasteiger partial charge < -0.3 is 9.73 Å². The van der Waals surface area contributed by atoms with E-state index in [1.807, 2.05) is 12.1 Å². The first-order valence-corrected chi connectivity index (χ1v) is 6.58. The normalized spacial score (nSPS) is 12.4. The van der Waals surface area contributed by atoms with Gasteiger partial charge in [-0.2, -0.15) is 0 Å². The van der Waals surface area contributed by atoms with Crippen LogP contribution in [0, 0.1) is 0 Å². The van der Waals surface area contributed by atoms with E-state index in [0.29, 0.717) is 22.2 Å². The van der Waals surface area contributed by atoms with Crippen LogP contribution in [0.1, 0.15) is 23.0 Å².